The molecular weight excluding hydrogens is 256 g/mol. The third kappa shape index (κ3) is 2.72. The second kappa shape index (κ2) is 4.52. The van der Waals surface area contributed by atoms with E-state index in [0.717, 1.165) is 19.3 Å². The van der Waals surface area contributed by atoms with Gasteiger partial charge < -0.3 is 4.90 Å². The summed E-state index contributed by atoms with van der Waals surface area (Å²) in [5.74, 6) is 0.0477. The van der Waals surface area contributed by atoms with Crippen LogP contribution in [0.2, 0.25) is 0 Å². The fourth-order valence-electron chi connectivity index (χ4n) is 1.62. The molecule has 0 spiro atoms. The maximum atomic E-state index is 12.1. The number of alkyl halides is 1. The second-order valence-electron chi connectivity index (χ2n) is 4.49. The third-order valence-corrected chi connectivity index (χ3v) is 3.69. The molecule has 0 heterocycles. The van der Waals surface area contributed by atoms with Crippen molar-refractivity contribution in [2.75, 3.05) is 0 Å². The van der Waals surface area contributed by atoms with Crippen molar-refractivity contribution >= 4 is 21.8 Å². The first-order valence-electron chi connectivity index (χ1n) is 5.32. The van der Waals surface area contributed by atoms with E-state index in [1.54, 1.807) is 18.7 Å². The van der Waals surface area contributed by atoms with E-state index in [2.05, 4.69) is 22.0 Å². The zero-order valence-electron chi connectivity index (χ0n) is 9.46. The standard InChI is InChI=1S/C11H17BrN2O/c1-4-9(12)10(15)14(8-5-6-8)11(2,3)7-13/h8-9H,4-6H2,1-3H3. The van der Waals surface area contributed by atoms with Crippen LogP contribution in [-0.2, 0) is 4.79 Å². The van der Waals surface area contributed by atoms with E-state index in [4.69, 9.17) is 5.26 Å². The molecule has 1 unspecified atom stereocenters. The van der Waals surface area contributed by atoms with E-state index in [1.165, 1.54) is 0 Å². The second-order valence-corrected chi connectivity index (χ2v) is 5.59. The summed E-state index contributed by atoms with van der Waals surface area (Å²) in [5, 5.41) is 9.09. The molecule has 0 saturated heterocycles. The quantitative estimate of drug-likeness (QED) is 0.738. The Morgan fingerprint density at radius 3 is 2.53 bits per heavy atom. The Labute approximate surface area is 99.6 Å². The molecule has 0 aromatic carbocycles. The van der Waals surface area contributed by atoms with Crippen molar-refractivity contribution in [1.82, 2.24) is 4.90 Å². The Morgan fingerprint density at radius 1 is 1.67 bits per heavy atom. The van der Waals surface area contributed by atoms with Crippen LogP contribution in [-0.4, -0.2) is 27.2 Å². The highest BCUT2D eigenvalue weighted by atomic mass is 79.9. The third-order valence-electron chi connectivity index (χ3n) is 2.65. The van der Waals surface area contributed by atoms with Crippen LogP contribution in [0.1, 0.15) is 40.0 Å². The maximum Gasteiger partial charge on any atom is 0.237 e. The van der Waals surface area contributed by atoms with Crippen molar-refractivity contribution in [2.45, 2.75) is 56.4 Å². The molecular formula is C11H17BrN2O. The molecule has 1 aliphatic carbocycles. The summed E-state index contributed by atoms with van der Waals surface area (Å²) in [4.78, 5) is 13.7. The monoisotopic (exact) mass is 272 g/mol. The topological polar surface area (TPSA) is 44.1 Å². The average molecular weight is 273 g/mol. The van der Waals surface area contributed by atoms with E-state index in [1.807, 2.05) is 6.92 Å². The van der Waals surface area contributed by atoms with Crippen LogP contribution < -0.4 is 0 Å². The number of nitriles is 1. The molecule has 84 valence electrons. The summed E-state index contributed by atoms with van der Waals surface area (Å²) in [7, 11) is 0. The smallest absolute Gasteiger partial charge is 0.237 e. The molecule has 0 aromatic heterocycles. The molecule has 4 heteroatoms. The fraction of sp³-hybridized carbons (Fsp3) is 0.818. The van der Waals surface area contributed by atoms with Gasteiger partial charge in [0.1, 0.15) is 5.54 Å². The summed E-state index contributed by atoms with van der Waals surface area (Å²) >= 11 is 3.36. The SMILES string of the molecule is CCC(Br)C(=O)N(C1CC1)C(C)(C)C#N. The fourth-order valence-corrected chi connectivity index (χ4v) is 1.84. The number of hydrogen-bond donors (Lipinski definition) is 0. The van der Waals surface area contributed by atoms with Crippen molar-refractivity contribution in [1.29, 1.82) is 5.26 Å². The Bertz CT molecular complexity index is 291. The molecule has 1 aliphatic rings. The van der Waals surface area contributed by atoms with Crippen LogP contribution in [0.3, 0.4) is 0 Å². The van der Waals surface area contributed by atoms with E-state index in [0.29, 0.717) is 0 Å². The molecule has 0 bridgehead atoms. The number of rotatable bonds is 4. The summed E-state index contributed by atoms with van der Waals surface area (Å²) in [6.07, 6.45) is 2.81. The van der Waals surface area contributed by atoms with Gasteiger partial charge >= 0.3 is 0 Å². The maximum absolute atomic E-state index is 12.1. The number of halogens is 1. The molecule has 0 aromatic rings. The van der Waals surface area contributed by atoms with Gasteiger partial charge in [-0.15, -0.1) is 0 Å². The van der Waals surface area contributed by atoms with Gasteiger partial charge in [-0.1, -0.05) is 22.9 Å². The zero-order chi connectivity index (χ0) is 11.6. The van der Waals surface area contributed by atoms with Gasteiger partial charge in [0.15, 0.2) is 0 Å². The number of carbonyl (C=O) groups is 1. The van der Waals surface area contributed by atoms with Crippen LogP contribution in [0.15, 0.2) is 0 Å². The highest BCUT2D eigenvalue weighted by molar-refractivity contribution is 9.10. The lowest BCUT2D eigenvalue weighted by Gasteiger charge is -2.34. The predicted molar refractivity (Wildman–Crippen MR) is 62.6 cm³/mol. The highest BCUT2D eigenvalue weighted by Crippen LogP contribution is 2.34. The largest absolute Gasteiger partial charge is 0.321 e. The lowest BCUT2D eigenvalue weighted by Crippen LogP contribution is -2.50. The predicted octanol–water partition coefficient (Wildman–Crippen LogP) is 2.45. The van der Waals surface area contributed by atoms with E-state index in [-0.39, 0.29) is 16.8 Å². The Hall–Kier alpha value is -0.560. The molecule has 15 heavy (non-hydrogen) atoms. The highest BCUT2D eigenvalue weighted by Gasteiger charge is 2.43. The molecule has 0 N–H and O–H groups in total. The number of carbonyl (C=O) groups excluding carboxylic acids is 1. The molecule has 0 aliphatic heterocycles. The van der Waals surface area contributed by atoms with Crippen molar-refractivity contribution < 1.29 is 4.79 Å². The summed E-state index contributed by atoms with van der Waals surface area (Å²) in [6, 6.07) is 2.48. The number of nitrogens with zero attached hydrogens (tertiary/aromatic N) is 2. The Morgan fingerprint density at radius 2 is 2.20 bits per heavy atom. The normalized spacial score (nSPS) is 18.1. The van der Waals surface area contributed by atoms with E-state index >= 15 is 0 Å². The van der Waals surface area contributed by atoms with Crippen molar-refractivity contribution in [2.24, 2.45) is 0 Å². The number of hydrogen-bond acceptors (Lipinski definition) is 2. The molecule has 1 atom stereocenters. The zero-order valence-corrected chi connectivity index (χ0v) is 11.0. The van der Waals surface area contributed by atoms with Gasteiger partial charge in [-0.3, -0.25) is 4.79 Å². The van der Waals surface area contributed by atoms with Gasteiger partial charge in [-0.05, 0) is 33.1 Å². The van der Waals surface area contributed by atoms with Gasteiger partial charge in [0.05, 0.1) is 10.9 Å². The molecule has 1 saturated carbocycles. The van der Waals surface area contributed by atoms with Crippen LogP contribution in [0.25, 0.3) is 0 Å². The van der Waals surface area contributed by atoms with Crippen molar-refractivity contribution in [3.63, 3.8) is 0 Å². The van der Waals surface area contributed by atoms with Gasteiger partial charge in [0.2, 0.25) is 5.91 Å². The summed E-state index contributed by atoms with van der Waals surface area (Å²) in [5.41, 5.74) is -0.695. The minimum atomic E-state index is -0.695. The summed E-state index contributed by atoms with van der Waals surface area (Å²) in [6.45, 7) is 5.57. The lowest BCUT2D eigenvalue weighted by molar-refractivity contribution is -0.134. The lowest BCUT2D eigenvalue weighted by atomic mass is 10.0. The molecule has 1 fully saturated rings. The van der Waals surface area contributed by atoms with Crippen LogP contribution in [0, 0.1) is 11.3 Å². The van der Waals surface area contributed by atoms with Crippen molar-refractivity contribution in [3.8, 4) is 6.07 Å². The molecule has 1 amide bonds. The van der Waals surface area contributed by atoms with Crippen LogP contribution in [0.4, 0.5) is 0 Å². The molecule has 0 radical (unpaired) electrons. The van der Waals surface area contributed by atoms with Crippen molar-refractivity contribution in [3.05, 3.63) is 0 Å². The first kappa shape index (κ1) is 12.5. The van der Waals surface area contributed by atoms with Gasteiger partial charge in [0.25, 0.3) is 0 Å². The van der Waals surface area contributed by atoms with Gasteiger partial charge in [-0.2, -0.15) is 5.26 Å². The minimum Gasteiger partial charge on any atom is -0.321 e. The van der Waals surface area contributed by atoms with E-state index in [9.17, 15) is 4.79 Å². The first-order chi connectivity index (χ1) is 6.94. The first-order valence-corrected chi connectivity index (χ1v) is 6.24. The summed E-state index contributed by atoms with van der Waals surface area (Å²) < 4.78 is 0. The van der Waals surface area contributed by atoms with E-state index < -0.39 is 5.54 Å². The Kier molecular flexibility index (Phi) is 3.77. The van der Waals surface area contributed by atoms with Gasteiger partial charge in [-0.25, -0.2) is 0 Å². The minimum absolute atomic E-state index is 0.0477. The average Bonchev–Trinajstić information content (AvgIpc) is 3.00. The number of amides is 1. The van der Waals surface area contributed by atoms with Gasteiger partial charge in [0, 0.05) is 6.04 Å². The molecule has 1 rings (SSSR count). The van der Waals surface area contributed by atoms with Crippen LogP contribution >= 0.6 is 15.9 Å². The molecule has 3 nitrogen and oxygen atoms in total. The Balaban J connectivity index is 2.84. The van der Waals surface area contributed by atoms with Crippen LogP contribution in [0.5, 0.6) is 0 Å².